The molecule has 5 nitrogen and oxygen atoms in total. The first-order valence-electron chi connectivity index (χ1n) is 4.89. The molecule has 0 spiro atoms. The number of carbonyl (C=O) groups is 2. The van der Waals surface area contributed by atoms with Gasteiger partial charge in [0.25, 0.3) is 0 Å². The van der Waals surface area contributed by atoms with E-state index in [1.807, 2.05) is 30.3 Å². The van der Waals surface area contributed by atoms with Gasteiger partial charge in [-0.05, 0) is 5.56 Å². The molecule has 1 N–H and O–H groups in total. The smallest absolute Gasteiger partial charge is 0.411 e. The summed E-state index contributed by atoms with van der Waals surface area (Å²) in [5.41, 5.74) is 0.950. The fourth-order valence-electron chi connectivity index (χ4n) is 1.57. The Hall–Kier alpha value is -2.04. The van der Waals surface area contributed by atoms with Gasteiger partial charge in [-0.15, -0.1) is 0 Å². The zero-order chi connectivity index (χ0) is 11.5. The van der Waals surface area contributed by atoms with Crippen LogP contribution in [0.3, 0.4) is 0 Å². The Kier molecular flexibility index (Phi) is 2.76. The molecule has 1 fully saturated rings. The Morgan fingerprint density at radius 1 is 1.44 bits per heavy atom. The maximum atomic E-state index is 11.3. The topological polar surface area (TPSA) is 66.8 Å². The van der Waals surface area contributed by atoms with Gasteiger partial charge < -0.3 is 9.84 Å². The summed E-state index contributed by atoms with van der Waals surface area (Å²) in [5, 5.41) is 8.71. The number of ether oxygens (including phenoxy) is 1. The number of carboxylic acids is 1. The van der Waals surface area contributed by atoms with E-state index in [2.05, 4.69) is 0 Å². The summed E-state index contributed by atoms with van der Waals surface area (Å²) in [5.74, 6) is -1.11. The molecule has 1 amide bonds. The second-order valence-electron chi connectivity index (χ2n) is 3.58. The lowest BCUT2D eigenvalue weighted by Crippen LogP contribution is -2.27. The minimum absolute atomic E-state index is 0.100. The molecule has 2 rings (SSSR count). The molecular weight excluding hydrogens is 210 g/mol. The van der Waals surface area contributed by atoms with Crippen molar-refractivity contribution in [2.45, 2.75) is 12.6 Å². The van der Waals surface area contributed by atoms with Crippen molar-refractivity contribution >= 4 is 12.1 Å². The van der Waals surface area contributed by atoms with Gasteiger partial charge in [-0.3, -0.25) is 4.90 Å². The lowest BCUT2D eigenvalue weighted by molar-refractivity contribution is -0.144. The van der Waals surface area contributed by atoms with Gasteiger partial charge in [0.15, 0.2) is 0 Å². The van der Waals surface area contributed by atoms with E-state index in [9.17, 15) is 9.59 Å². The number of nitrogens with zero attached hydrogens (tertiary/aromatic N) is 1. The number of hydrogen-bond acceptors (Lipinski definition) is 3. The van der Waals surface area contributed by atoms with E-state index in [4.69, 9.17) is 9.84 Å². The summed E-state index contributed by atoms with van der Waals surface area (Å²) in [6.45, 7) is 0.479. The van der Waals surface area contributed by atoms with Crippen LogP contribution in [0.2, 0.25) is 0 Å². The average molecular weight is 221 g/mol. The van der Waals surface area contributed by atoms with Crippen LogP contribution in [0.25, 0.3) is 0 Å². The van der Waals surface area contributed by atoms with Gasteiger partial charge in [-0.1, -0.05) is 30.3 Å². The number of rotatable bonds is 3. The quantitative estimate of drug-likeness (QED) is 0.829. The summed E-state index contributed by atoms with van der Waals surface area (Å²) in [6.07, 6.45) is -1.62. The van der Waals surface area contributed by atoms with E-state index in [1.54, 1.807) is 0 Å². The maximum Gasteiger partial charge on any atom is 0.411 e. The third-order valence-corrected chi connectivity index (χ3v) is 2.38. The van der Waals surface area contributed by atoms with Crippen LogP contribution in [0.15, 0.2) is 30.3 Å². The molecule has 1 aromatic carbocycles. The number of cyclic esters (lactones) is 1. The molecule has 1 saturated heterocycles. The first-order valence-corrected chi connectivity index (χ1v) is 4.89. The normalized spacial score (nSPS) is 19.6. The second kappa shape index (κ2) is 4.22. The molecule has 84 valence electrons. The van der Waals surface area contributed by atoms with Gasteiger partial charge in [0.2, 0.25) is 6.10 Å². The molecule has 1 aliphatic rings. The number of hydrogen-bond donors (Lipinski definition) is 1. The predicted octanol–water partition coefficient (Wildman–Crippen LogP) is 1.09. The van der Waals surface area contributed by atoms with Gasteiger partial charge in [-0.25, -0.2) is 9.59 Å². The molecule has 1 atom stereocenters. The van der Waals surface area contributed by atoms with Crippen LogP contribution < -0.4 is 0 Å². The molecule has 0 radical (unpaired) electrons. The monoisotopic (exact) mass is 221 g/mol. The molecule has 1 aromatic rings. The fraction of sp³-hybridized carbons (Fsp3) is 0.273. The molecule has 1 aliphatic heterocycles. The number of benzene rings is 1. The molecule has 0 unspecified atom stereocenters. The Morgan fingerprint density at radius 3 is 2.69 bits per heavy atom. The van der Waals surface area contributed by atoms with Crippen LogP contribution in [-0.2, 0) is 16.1 Å². The van der Waals surface area contributed by atoms with Gasteiger partial charge in [0.1, 0.15) is 0 Å². The summed E-state index contributed by atoms with van der Waals surface area (Å²) in [7, 11) is 0. The summed E-state index contributed by atoms with van der Waals surface area (Å²) >= 11 is 0. The Balaban J connectivity index is 2.02. The number of carbonyl (C=O) groups excluding carboxylic acids is 1. The van der Waals surface area contributed by atoms with E-state index in [-0.39, 0.29) is 6.54 Å². The van der Waals surface area contributed by atoms with Gasteiger partial charge in [-0.2, -0.15) is 0 Å². The van der Waals surface area contributed by atoms with Crippen molar-refractivity contribution in [1.29, 1.82) is 0 Å². The first kappa shape index (κ1) is 10.5. The Morgan fingerprint density at radius 2 is 2.12 bits per heavy atom. The summed E-state index contributed by atoms with van der Waals surface area (Å²) in [4.78, 5) is 23.4. The van der Waals surface area contributed by atoms with E-state index < -0.39 is 18.2 Å². The highest BCUT2D eigenvalue weighted by Gasteiger charge is 2.35. The van der Waals surface area contributed by atoms with Gasteiger partial charge in [0.05, 0.1) is 6.54 Å². The summed E-state index contributed by atoms with van der Waals surface area (Å²) < 4.78 is 4.70. The largest absolute Gasteiger partial charge is 0.478 e. The Labute approximate surface area is 92.2 Å². The van der Waals surface area contributed by atoms with Crippen molar-refractivity contribution in [1.82, 2.24) is 4.90 Å². The lowest BCUT2D eigenvalue weighted by atomic mass is 10.2. The molecule has 0 saturated carbocycles. The molecular formula is C11H11NO4. The van der Waals surface area contributed by atoms with E-state index in [0.717, 1.165) is 5.56 Å². The van der Waals surface area contributed by atoms with Crippen LogP contribution >= 0.6 is 0 Å². The van der Waals surface area contributed by atoms with Gasteiger partial charge >= 0.3 is 12.1 Å². The third kappa shape index (κ3) is 2.13. The van der Waals surface area contributed by atoms with Crippen molar-refractivity contribution in [3.05, 3.63) is 35.9 Å². The molecule has 16 heavy (non-hydrogen) atoms. The first-order chi connectivity index (χ1) is 7.66. The van der Waals surface area contributed by atoms with E-state index in [1.165, 1.54) is 4.90 Å². The van der Waals surface area contributed by atoms with Crippen LogP contribution in [0.5, 0.6) is 0 Å². The van der Waals surface area contributed by atoms with Crippen molar-refractivity contribution in [2.24, 2.45) is 0 Å². The lowest BCUT2D eigenvalue weighted by Gasteiger charge is -2.11. The number of carboxylic acid groups (broad SMARTS) is 1. The number of aliphatic carboxylic acids is 1. The van der Waals surface area contributed by atoms with Crippen molar-refractivity contribution in [3.8, 4) is 0 Å². The van der Waals surface area contributed by atoms with Crippen LogP contribution in [0.4, 0.5) is 4.79 Å². The van der Waals surface area contributed by atoms with Gasteiger partial charge in [0, 0.05) is 6.54 Å². The maximum absolute atomic E-state index is 11.3. The van der Waals surface area contributed by atoms with Crippen LogP contribution in [0, 0.1) is 0 Å². The minimum atomic E-state index is -1.11. The summed E-state index contributed by atoms with van der Waals surface area (Å²) in [6, 6.07) is 9.37. The fourth-order valence-corrected chi connectivity index (χ4v) is 1.57. The van der Waals surface area contributed by atoms with E-state index >= 15 is 0 Å². The standard InChI is InChI=1S/C11H11NO4/c13-10(14)9-7-12(11(15)16-9)6-8-4-2-1-3-5-8/h1-5,9H,6-7H2,(H,13,14)/t9-/m0/s1. The molecule has 1 heterocycles. The zero-order valence-electron chi connectivity index (χ0n) is 8.50. The van der Waals surface area contributed by atoms with Crippen molar-refractivity contribution < 1.29 is 19.4 Å². The highest BCUT2D eigenvalue weighted by Crippen LogP contribution is 2.14. The molecule has 0 aliphatic carbocycles. The minimum Gasteiger partial charge on any atom is -0.478 e. The second-order valence-corrected chi connectivity index (χ2v) is 3.58. The Bertz CT molecular complexity index is 404. The zero-order valence-corrected chi connectivity index (χ0v) is 8.50. The highest BCUT2D eigenvalue weighted by molar-refractivity contribution is 5.81. The molecule has 0 bridgehead atoms. The van der Waals surface area contributed by atoms with Crippen molar-refractivity contribution in [3.63, 3.8) is 0 Å². The third-order valence-electron chi connectivity index (χ3n) is 2.38. The van der Waals surface area contributed by atoms with Crippen LogP contribution in [-0.4, -0.2) is 34.7 Å². The van der Waals surface area contributed by atoms with Crippen LogP contribution in [0.1, 0.15) is 5.56 Å². The van der Waals surface area contributed by atoms with E-state index in [0.29, 0.717) is 6.54 Å². The SMILES string of the molecule is O=C(O)[C@@H]1CN(Cc2ccccc2)C(=O)O1. The van der Waals surface area contributed by atoms with Crippen molar-refractivity contribution in [2.75, 3.05) is 6.54 Å². The predicted molar refractivity (Wildman–Crippen MR) is 54.8 cm³/mol. The average Bonchev–Trinajstić information content (AvgIpc) is 2.62. The molecule has 5 heteroatoms. The highest BCUT2D eigenvalue weighted by atomic mass is 16.6. The molecule has 0 aromatic heterocycles. The number of amides is 1.